The molecule has 0 aromatic rings. The molecule has 86 valence electrons. The van der Waals surface area contributed by atoms with Crippen LogP contribution in [0.15, 0.2) is 0 Å². The first-order valence-corrected chi connectivity index (χ1v) is 6.00. The van der Waals surface area contributed by atoms with E-state index in [0.717, 1.165) is 18.9 Å². The zero-order chi connectivity index (χ0) is 11.6. The molecule has 0 aromatic heterocycles. The van der Waals surface area contributed by atoms with Gasteiger partial charge in [0, 0.05) is 13.0 Å². The number of amides is 1. The highest BCUT2D eigenvalue weighted by molar-refractivity contribution is 5.76. The van der Waals surface area contributed by atoms with Crippen LogP contribution in [-0.2, 0) is 4.79 Å². The van der Waals surface area contributed by atoms with Gasteiger partial charge in [-0.25, -0.2) is 0 Å². The van der Waals surface area contributed by atoms with Crippen molar-refractivity contribution in [2.45, 2.75) is 54.4 Å². The lowest BCUT2D eigenvalue weighted by Crippen LogP contribution is -2.22. The maximum atomic E-state index is 10.9. The van der Waals surface area contributed by atoms with Gasteiger partial charge in [0.05, 0.1) is 0 Å². The quantitative estimate of drug-likeness (QED) is 0.746. The van der Waals surface area contributed by atoms with Gasteiger partial charge in [0.15, 0.2) is 0 Å². The third kappa shape index (κ3) is 8.09. The number of nitrogens with one attached hydrogen (secondary N) is 1. The first-order chi connectivity index (χ1) is 6.74. The molecule has 0 bridgehead atoms. The van der Waals surface area contributed by atoms with Crippen LogP contribution in [0.25, 0.3) is 0 Å². The van der Waals surface area contributed by atoms with Gasteiger partial charge in [-0.05, 0) is 25.2 Å². The van der Waals surface area contributed by atoms with Gasteiger partial charge < -0.3 is 5.32 Å². The molecule has 2 heteroatoms. The molecule has 1 aliphatic carbocycles. The van der Waals surface area contributed by atoms with Crippen LogP contribution in [0.4, 0.5) is 0 Å². The Kier molecular flexibility index (Phi) is 12.0. The predicted molar refractivity (Wildman–Crippen MR) is 63.3 cm³/mol. The first-order valence-electron chi connectivity index (χ1n) is 6.00. The second-order valence-corrected chi connectivity index (χ2v) is 3.13. The Balaban J connectivity index is 0. The summed E-state index contributed by atoms with van der Waals surface area (Å²) in [6.45, 7) is 12.9. The molecule has 0 aliphatic heterocycles. The lowest BCUT2D eigenvalue weighted by molar-refractivity contribution is -0.121. The SMILES string of the molecule is CC.CC.CCNC(=O)CC1CC1C. The molecule has 1 saturated carbocycles. The molecule has 2 atom stereocenters. The van der Waals surface area contributed by atoms with Gasteiger partial charge >= 0.3 is 0 Å². The molecular formula is C12H27NO. The average molecular weight is 201 g/mol. The summed E-state index contributed by atoms with van der Waals surface area (Å²) < 4.78 is 0. The highest BCUT2D eigenvalue weighted by Crippen LogP contribution is 2.40. The van der Waals surface area contributed by atoms with Crippen molar-refractivity contribution >= 4 is 5.91 Å². The third-order valence-electron chi connectivity index (χ3n) is 2.10. The number of carbonyl (C=O) groups excluding carboxylic acids is 1. The molecule has 1 N–H and O–H groups in total. The van der Waals surface area contributed by atoms with Crippen molar-refractivity contribution in [1.82, 2.24) is 5.32 Å². The van der Waals surface area contributed by atoms with E-state index in [2.05, 4.69) is 12.2 Å². The first kappa shape index (κ1) is 15.9. The molecular weight excluding hydrogens is 174 g/mol. The fourth-order valence-electron chi connectivity index (χ4n) is 1.19. The van der Waals surface area contributed by atoms with E-state index in [4.69, 9.17) is 0 Å². The number of hydrogen-bond donors (Lipinski definition) is 1. The van der Waals surface area contributed by atoms with E-state index >= 15 is 0 Å². The van der Waals surface area contributed by atoms with Crippen molar-refractivity contribution in [3.63, 3.8) is 0 Å². The summed E-state index contributed by atoms with van der Waals surface area (Å²) in [6, 6.07) is 0. The second-order valence-electron chi connectivity index (χ2n) is 3.13. The molecule has 0 spiro atoms. The van der Waals surface area contributed by atoms with Crippen LogP contribution in [0.3, 0.4) is 0 Å². The maximum absolute atomic E-state index is 10.9. The highest BCUT2D eigenvalue weighted by Gasteiger charge is 2.33. The van der Waals surface area contributed by atoms with Gasteiger partial charge in [-0.2, -0.15) is 0 Å². The molecule has 1 fully saturated rings. The van der Waals surface area contributed by atoms with Gasteiger partial charge in [-0.1, -0.05) is 34.6 Å². The molecule has 0 saturated heterocycles. The second kappa shape index (κ2) is 10.6. The van der Waals surface area contributed by atoms with Gasteiger partial charge in [-0.3, -0.25) is 4.79 Å². The fraction of sp³-hybridized carbons (Fsp3) is 0.917. The zero-order valence-corrected chi connectivity index (χ0v) is 10.7. The van der Waals surface area contributed by atoms with Crippen LogP contribution in [0.2, 0.25) is 0 Å². The van der Waals surface area contributed by atoms with Crippen molar-refractivity contribution in [3.05, 3.63) is 0 Å². The molecule has 1 amide bonds. The van der Waals surface area contributed by atoms with Crippen molar-refractivity contribution in [3.8, 4) is 0 Å². The monoisotopic (exact) mass is 201 g/mol. The minimum absolute atomic E-state index is 0.219. The molecule has 1 rings (SSSR count). The van der Waals surface area contributed by atoms with Gasteiger partial charge in [0.2, 0.25) is 5.91 Å². The summed E-state index contributed by atoms with van der Waals surface area (Å²) in [5.41, 5.74) is 0. The minimum atomic E-state index is 0.219. The van der Waals surface area contributed by atoms with Crippen molar-refractivity contribution in [1.29, 1.82) is 0 Å². The van der Waals surface area contributed by atoms with Gasteiger partial charge in [0.1, 0.15) is 0 Å². The van der Waals surface area contributed by atoms with Crippen LogP contribution in [0, 0.1) is 11.8 Å². The Labute approximate surface area is 89.5 Å². The Morgan fingerprint density at radius 1 is 1.29 bits per heavy atom. The Morgan fingerprint density at radius 3 is 2.00 bits per heavy atom. The number of rotatable bonds is 3. The molecule has 2 unspecified atom stereocenters. The summed E-state index contributed by atoms with van der Waals surface area (Å²) in [4.78, 5) is 10.9. The van der Waals surface area contributed by atoms with E-state index in [0.29, 0.717) is 5.92 Å². The van der Waals surface area contributed by atoms with Crippen LogP contribution < -0.4 is 5.32 Å². The van der Waals surface area contributed by atoms with Crippen LogP contribution in [0.5, 0.6) is 0 Å². The topological polar surface area (TPSA) is 29.1 Å². The molecule has 1 aliphatic rings. The summed E-state index contributed by atoms with van der Waals surface area (Å²) in [5.74, 6) is 1.70. The summed E-state index contributed by atoms with van der Waals surface area (Å²) in [7, 11) is 0. The van der Waals surface area contributed by atoms with Crippen molar-refractivity contribution < 1.29 is 4.79 Å². The van der Waals surface area contributed by atoms with E-state index in [1.165, 1.54) is 6.42 Å². The Hall–Kier alpha value is -0.530. The largest absolute Gasteiger partial charge is 0.356 e. The Morgan fingerprint density at radius 2 is 1.71 bits per heavy atom. The molecule has 2 nitrogen and oxygen atoms in total. The zero-order valence-electron chi connectivity index (χ0n) is 10.7. The molecule has 0 radical (unpaired) electrons. The fourth-order valence-corrected chi connectivity index (χ4v) is 1.19. The Bertz CT molecular complexity index is 134. The number of carbonyl (C=O) groups is 1. The summed E-state index contributed by atoms with van der Waals surface area (Å²) in [5, 5.41) is 2.80. The van der Waals surface area contributed by atoms with E-state index in [1.54, 1.807) is 0 Å². The van der Waals surface area contributed by atoms with E-state index in [9.17, 15) is 4.79 Å². The van der Waals surface area contributed by atoms with Gasteiger partial charge in [-0.15, -0.1) is 0 Å². The minimum Gasteiger partial charge on any atom is -0.356 e. The molecule has 0 heterocycles. The predicted octanol–water partition coefficient (Wildman–Crippen LogP) is 3.22. The lowest BCUT2D eigenvalue weighted by atomic mass is 10.2. The summed E-state index contributed by atoms with van der Waals surface area (Å²) in [6.07, 6.45) is 1.99. The van der Waals surface area contributed by atoms with Crippen LogP contribution in [-0.4, -0.2) is 12.5 Å². The standard InChI is InChI=1S/C8H15NO.2C2H6/c1-3-9-8(10)5-7-4-6(7)2;2*1-2/h6-7H,3-5H2,1-2H3,(H,9,10);2*1-2H3. The van der Waals surface area contributed by atoms with Crippen molar-refractivity contribution in [2.24, 2.45) is 11.8 Å². The lowest BCUT2D eigenvalue weighted by Gasteiger charge is -1.98. The van der Waals surface area contributed by atoms with Gasteiger partial charge in [0.25, 0.3) is 0 Å². The smallest absolute Gasteiger partial charge is 0.220 e. The molecule has 14 heavy (non-hydrogen) atoms. The van der Waals surface area contributed by atoms with E-state index in [-0.39, 0.29) is 5.91 Å². The van der Waals surface area contributed by atoms with Crippen molar-refractivity contribution in [2.75, 3.05) is 6.54 Å². The van der Waals surface area contributed by atoms with Crippen LogP contribution in [0.1, 0.15) is 54.4 Å². The number of hydrogen-bond acceptors (Lipinski definition) is 1. The maximum Gasteiger partial charge on any atom is 0.220 e. The third-order valence-corrected chi connectivity index (χ3v) is 2.10. The van der Waals surface area contributed by atoms with E-state index < -0.39 is 0 Å². The highest BCUT2D eigenvalue weighted by atomic mass is 16.1. The average Bonchev–Trinajstić information content (AvgIpc) is 2.88. The van der Waals surface area contributed by atoms with Crippen LogP contribution >= 0.6 is 0 Å². The van der Waals surface area contributed by atoms with E-state index in [1.807, 2.05) is 34.6 Å². The summed E-state index contributed by atoms with van der Waals surface area (Å²) >= 11 is 0. The normalized spacial score (nSPS) is 22.1. The molecule has 0 aromatic carbocycles.